The molecule has 1 aliphatic heterocycles. The summed E-state index contributed by atoms with van der Waals surface area (Å²) in [5.74, 6) is 0.0524. The monoisotopic (exact) mass is 468 g/mol. The van der Waals surface area contributed by atoms with Crippen molar-refractivity contribution in [1.82, 2.24) is 9.36 Å². The predicted octanol–water partition coefficient (Wildman–Crippen LogP) is 4.97. The Morgan fingerprint density at radius 3 is 2.12 bits per heavy atom. The Bertz CT molecular complexity index is 1500. The van der Waals surface area contributed by atoms with Crippen LogP contribution < -0.4 is 10.5 Å². The first-order valence-corrected chi connectivity index (χ1v) is 11.1. The summed E-state index contributed by atoms with van der Waals surface area (Å²) in [4.78, 5) is 33.5. The van der Waals surface area contributed by atoms with Crippen LogP contribution in [0, 0.1) is 6.92 Å². The number of nitrogens with zero attached hydrogens (tertiary/aromatic N) is 4. The lowest BCUT2D eigenvalue weighted by Gasteiger charge is -2.17. The maximum absolute atomic E-state index is 13.7. The Morgan fingerprint density at radius 2 is 1.47 bits per heavy atom. The lowest BCUT2D eigenvalue weighted by atomic mass is 10.1. The topological polar surface area (TPSA) is 59.6 Å². The summed E-state index contributed by atoms with van der Waals surface area (Å²) in [7, 11) is 1.80. The van der Waals surface area contributed by atoms with Gasteiger partial charge in [-0.2, -0.15) is 0 Å². The Kier molecular flexibility index (Phi) is 5.51. The molecule has 34 heavy (non-hydrogen) atoms. The fourth-order valence-electron chi connectivity index (χ4n) is 4.03. The third-order valence-electron chi connectivity index (χ3n) is 5.81. The molecule has 0 unspecified atom stereocenters. The number of aromatic nitrogens is 2. The number of carbonyl (C=O) groups is 1. The molecule has 7 heteroatoms. The van der Waals surface area contributed by atoms with Crippen LogP contribution in [0.2, 0.25) is 5.02 Å². The first-order valence-electron chi connectivity index (χ1n) is 10.8. The van der Waals surface area contributed by atoms with Crippen molar-refractivity contribution in [1.29, 1.82) is 0 Å². The molecule has 3 aromatic carbocycles. The number of amides is 1. The van der Waals surface area contributed by atoms with Gasteiger partial charge in [0.1, 0.15) is 17.2 Å². The second kappa shape index (κ2) is 8.65. The molecule has 6 nitrogen and oxygen atoms in total. The lowest BCUT2D eigenvalue weighted by molar-refractivity contribution is -0.113. The fraction of sp³-hybridized carbons (Fsp3) is 0.0741. The molecule has 1 aromatic heterocycles. The molecule has 0 saturated carbocycles. The molecule has 0 spiro atoms. The number of anilines is 1. The zero-order chi connectivity index (χ0) is 23.8. The Balaban J connectivity index is 1.69. The Labute approximate surface area is 201 Å². The second-order valence-corrected chi connectivity index (χ2v) is 8.37. The Hall–Kier alpha value is -4.16. The van der Waals surface area contributed by atoms with Crippen molar-refractivity contribution in [3.8, 4) is 5.69 Å². The van der Waals surface area contributed by atoms with E-state index < -0.39 is 0 Å². The average molecular weight is 469 g/mol. The summed E-state index contributed by atoms with van der Waals surface area (Å²) in [6.07, 6.45) is 1.70. The molecule has 0 saturated heterocycles. The van der Waals surface area contributed by atoms with E-state index in [9.17, 15) is 9.59 Å². The molecular weight excluding hydrogens is 448 g/mol. The summed E-state index contributed by atoms with van der Waals surface area (Å²) < 4.78 is 3.31. The van der Waals surface area contributed by atoms with Crippen LogP contribution in [0.3, 0.4) is 0 Å². The summed E-state index contributed by atoms with van der Waals surface area (Å²) in [5, 5.41) is 0.608. The standard InChI is InChI=1S/C27H21ClN4O2/c1-18-24(27(34)32(30(18)2)22-11-7-4-8-12-22)31-25(20-9-5-3-6-10-20)29-23(26(31)33)17-19-13-15-21(28)16-14-19/h3-17H,1-2H3. The van der Waals surface area contributed by atoms with Gasteiger partial charge in [-0.3, -0.25) is 19.2 Å². The van der Waals surface area contributed by atoms with Gasteiger partial charge in [0.2, 0.25) is 0 Å². The van der Waals surface area contributed by atoms with E-state index in [0.717, 1.165) is 11.1 Å². The highest BCUT2D eigenvalue weighted by atomic mass is 35.5. The van der Waals surface area contributed by atoms with Crippen molar-refractivity contribution < 1.29 is 4.79 Å². The molecule has 168 valence electrons. The third kappa shape index (κ3) is 3.68. The van der Waals surface area contributed by atoms with Gasteiger partial charge in [-0.25, -0.2) is 9.67 Å². The van der Waals surface area contributed by atoms with E-state index in [1.54, 1.807) is 34.6 Å². The number of halogens is 1. The van der Waals surface area contributed by atoms with Crippen LogP contribution in [0.1, 0.15) is 16.8 Å². The zero-order valence-corrected chi connectivity index (χ0v) is 19.4. The number of hydrogen-bond donors (Lipinski definition) is 0. The molecule has 4 aromatic rings. The largest absolute Gasteiger partial charge is 0.296 e. The van der Waals surface area contributed by atoms with Gasteiger partial charge in [0.25, 0.3) is 11.5 Å². The summed E-state index contributed by atoms with van der Waals surface area (Å²) in [6, 6.07) is 25.9. The van der Waals surface area contributed by atoms with Gasteiger partial charge < -0.3 is 0 Å². The quantitative estimate of drug-likeness (QED) is 0.397. The van der Waals surface area contributed by atoms with E-state index in [1.165, 1.54) is 4.90 Å². The lowest BCUT2D eigenvalue weighted by Crippen LogP contribution is -2.36. The highest BCUT2D eigenvalue weighted by molar-refractivity contribution is 6.33. The number of rotatable bonds is 4. The number of aliphatic imine (C=N–C) groups is 1. The minimum atomic E-state index is -0.361. The molecule has 0 atom stereocenters. The van der Waals surface area contributed by atoms with E-state index >= 15 is 0 Å². The van der Waals surface area contributed by atoms with Gasteiger partial charge in [-0.05, 0) is 42.8 Å². The van der Waals surface area contributed by atoms with Crippen molar-refractivity contribution in [2.24, 2.45) is 12.0 Å². The molecule has 1 amide bonds. The predicted molar refractivity (Wildman–Crippen MR) is 136 cm³/mol. The van der Waals surface area contributed by atoms with E-state index in [2.05, 4.69) is 4.99 Å². The number of carbonyl (C=O) groups excluding carboxylic acids is 1. The van der Waals surface area contributed by atoms with Crippen molar-refractivity contribution in [3.63, 3.8) is 0 Å². The maximum atomic E-state index is 13.7. The maximum Gasteiger partial charge on any atom is 0.296 e. The van der Waals surface area contributed by atoms with Gasteiger partial charge in [0.15, 0.2) is 0 Å². The SMILES string of the molecule is Cc1c(N2C(=O)C(=Cc3ccc(Cl)cc3)N=C2c2ccccc2)c(=O)n(-c2ccccc2)n1C. The molecule has 5 rings (SSSR count). The van der Waals surface area contributed by atoms with E-state index in [1.807, 2.05) is 79.7 Å². The van der Waals surface area contributed by atoms with Crippen molar-refractivity contribution >= 4 is 35.1 Å². The van der Waals surface area contributed by atoms with Gasteiger partial charge in [0, 0.05) is 17.6 Å². The van der Waals surface area contributed by atoms with Crippen LogP contribution in [-0.4, -0.2) is 21.1 Å². The average Bonchev–Trinajstić information content (AvgIpc) is 3.28. The first kappa shape index (κ1) is 21.7. The molecule has 2 heterocycles. The number of hydrogen-bond acceptors (Lipinski definition) is 3. The van der Waals surface area contributed by atoms with Crippen molar-refractivity contribution in [2.75, 3.05) is 4.90 Å². The van der Waals surface area contributed by atoms with E-state index in [-0.39, 0.29) is 22.9 Å². The number of benzene rings is 3. The summed E-state index contributed by atoms with van der Waals surface area (Å²) in [5.41, 5.74) is 3.12. The molecule has 0 fully saturated rings. The zero-order valence-electron chi connectivity index (χ0n) is 18.6. The highest BCUT2D eigenvalue weighted by Gasteiger charge is 2.37. The van der Waals surface area contributed by atoms with Gasteiger partial charge in [-0.1, -0.05) is 72.3 Å². The molecule has 0 bridgehead atoms. The van der Waals surface area contributed by atoms with Crippen molar-refractivity contribution in [3.05, 3.63) is 123 Å². The van der Waals surface area contributed by atoms with Crippen LogP contribution in [-0.2, 0) is 11.8 Å². The Morgan fingerprint density at radius 1 is 0.853 bits per heavy atom. The van der Waals surface area contributed by atoms with Crippen LogP contribution in [0.15, 0.2) is 100 Å². The van der Waals surface area contributed by atoms with Gasteiger partial charge in [0.05, 0.1) is 11.4 Å². The van der Waals surface area contributed by atoms with Gasteiger partial charge >= 0.3 is 0 Å². The number of amidine groups is 1. The minimum absolute atomic E-state index is 0.245. The van der Waals surface area contributed by atoms with Crippen LogP contribution in [0.4, 0.5) is 5.69 Å². The van der Waals surface area contributed by atoms with Crippen LogP contribution in [0.25, 0.3) is 11.8 Å². The van der Waals surface area contributed by atoms with Crippen LogP contribution in [0.5, 0.6) is 0 Å². The van der Waals surface area contributed by atoms with E-state index in [0.29, 0.717) is 22.2 Å². The summed E-state index contributed by atoms with van der Waals surface area (Å²) >= 11 is 6.00. The minimum Gasteiger partial charge on any atom is -0.283 e. The number of para-hydroxylation sites is 1. The van der Waals surface area contributed by atoms with Crippen LogP contribution >= 0.6 is 11.6 Å². The third-order valence-corrected chi connectivity index (χ3v) is 6.07. The van der Waals surface area contributed by atoms with Gasteiger partial charge in [-0.15, -0.1) is 0 Å². The normalized spacial score (nSPS) is 14.7. The smallest absolute Gasteiger partial charge is 0.283 e. The highest BCUT2D eigenvalue weighted by Crippen LogP contribution is 2.29. The molecule has 0 radical (unpaired) electrons. The van der Waals surface area contributed by atoms with Crippen molar-refractivity contribution in [2.45, 2.75) is 6.92 Å². The molecular formula is C27H21ClN4O2. The second-order valence-electron chi connectivity index (χ2n) is 7.93. The molecule has 0 aliphatic carbocycles. The first-order chi connectivity index (χ1) is 16.5. The molecule has 0 N–H and O–H groups in total. The fourth-order valence-corrected chi connectivity index (χ4v) is 4.16. The molecule has 1 aliphatic rings. The summed E-state index contributed by atoms with van der Waals surface area (Å²) in [6.45, 7) is 1.83. The van der Waals surface area contributed by atoms with E-state index in [4.69, 9.17) is 11.6 Å².